The molecule has 0 amide bonds. The van der Waals surface area contributed by atoms with E-state index in [1.807, 2.05) is 26.8 Å². The van der Waals surface area contributed by atoms with E-state index in [0.29, 0.717) is 23.7 Å². The summed E-state index contributed by atoms with van der Waals surface area (Å²) >= 11 is 0. The summed E-state index contributed by atoms with van der Waals surface area (Å²) in [5.74, 6) is 0.980. The molecule has 0 N–H and O–H groups in total. The average molecular weight is 285 g/mol. The van der Waals surface area contributed by atoms with Crippen molar-refractivity contribution in [1.29, 1.82) is 0 Å². The first kappa shape index (κ1) is 15.0. The van der Waals surface area contributed by atoms with E-state index in [1.54, 1.807) is 42.7 Å². The molecule has 0 radical (unpaired) electrons. The molecule has 2 aromatic rings. The number of ether oxygens (including phenoxy) is 2. The van der Waals surface area contributed by atoms with Gasteiger partial charge in [-0.05, 0) is 41.8 Å². The van der Waals surface area contributed by atoms with Gasteiger partial charge in [0, 0.05) is 6.20 Å². The van der Waals surface area contributed by atoms with Gasteiger partial charge in [0.05, 0.1) is 18.4 Å². The van der Waals surface area contributed by atoms with Gasteiger partial charge in [-0.15, -0.1) is 0 Å². The molecule has 1 aromatic carbocycles. The topological polar surface area (TPSA) is 48.4 Å². The van der Waals surface area contributed by atoms with Gasteiger partial charge in [-0.25, -0.2) is 4.79 Å². The molecule has 0 bridgehead atoms. The number of aromatic nitrogens is 1. The van der Waals surface area contributed by atoms with E-state index in [9.17, 15) is 4.79 Å². The van der Waals surface area contributed by atoms with E-state index >= 15 is 0 Å². The molecule has 0 unspecified atom stereocenters. The molecule has 0 atom stereocenters. The van der Waals surface area contributed by atoms with Crippen molar-refractivity contribution in [2.24, 2.45) is 5.41 Å². The molecule has 1 heterocycles. The third-order valence-electron chi connectivity index (χ3n) is 2.60. The zero-order valence-corrected chi connectivity index (χ0v) is 12.5. The Hall–Kier alpha value is -2.36. The van der Waals surface area contributed by atoms with E-state index in [0.717, 1.165) is 0 Å². The summed E-state index contributed by atoms with van der Waals surface area (Å²) in [7, 11) is 0. The number of nitrogens with zero attached hydrogens (tertiary/aromatic N) is 1. The molecular weight excluding hydrogens is 266 g/mol. The van der Waals surface area contributed by atoms with Gasteiger partial charge in [0.25, 0.3) is 0 Å². The quantitative estimate of drug-likeness (QED) is 0.794. The molecule has 4 nitrogen and oxygen atoms in total. The second-order valence-corrected chi connectivity index (χ2v) is 5.95. The van der Waals surface area contributed by atoms with E-state index in [-0.39, 0.29) is 11.4 Å². The largest absolute Gasteiger partial charge is 0.462 e. The highest BCUT2D eigenvalue weighted by molar-refractivity contribution is 5.89. The number of pyridine rings is 1. The lowest BCUT2D eigenvalue weighted by Gasteiger charge is -2.17. The molecule has 1 aromatic heterocycles. The van der Waals surface area contributed by atoms with Gasteiger partial charge in [0.2, 0.25) is 0 Å². The van der Waals surface area contributed by atoms with Crippen molar-refractivity contribution in [3.05, 3.63) is 54.4 Å². The van der Waals surface area contributed by atoms with Crippen molar-refractivity contribution < 1.29 is 14.3 Å². The maximum Gasteiger partial charge on any atom is 0.338 e. The Balaban J connectivity index is 1.97. The minimum atomic E-state index is -0.321. The molecule has 0 fully saturated rings. The standard InChI is InChI=1S/C17H19NO3/c1-17(2,3)12-20-16(19)13-6-8-14(9-7-13)21-15-5-4-10-18-11-15/h4-11H,12H2,1-3H3. The Morgan fingerprint density at radius 3 is 2.38 bits per heavy atom. The van der Waals surface area contributed by atoms with E-state index < -0.39 is 0 Å². The summed E-state index contributed by atoms with van der Waals surface area (Å²) in [5, 5.41) is 0. The van der Waals surface area contributed by atoms with E-state index in [1.165, 1.54) is 0 Å². The summed E-state index contributed by atoms with van der Waals surface area (Å²) < 4.78 is 10.9. The van der Waals surface area contributed by atoms with Gasteiger partial charge in [-0.3, -0.25) is 4.98 Å². The SMILES string of the molecule is CC(C)(C)COC(=O)c1ccc(Oc2cccnc2)cc1. The van der Waals surface area contributed by atoms with Crippen LogP contribution in [0.15, 0.2) is 48.8 Å². The van der Waals surface area contributed by atoms with Gasteiger partial charge < -0.3 is 9.47 Å². The predicted molar refractivity (Wildman–Crippen MR) is 80.5 cm³/mol. The van der Waals surface area contributed by atoms with Crippen LogP contribution in [0.2, 0.25) is 0 Å². The van der Waals surface area contributed by atoms with Crippen LogP contribution in [0.3, 0.4) is 0 Å². The molecule has 0 saturated heterocycles. The number of hydrogen-bond donors (Lipinski definition) is 0. The van der Waals surface area contributed by atoms with Crippen molar-refractivity contribution in [2.75, 3.05) is 6.61 Å². The molecule has 21 heavy (non-hydrogen) atoms. The first-order chi connectivity index (χ1) is 9.94. The molecular formula is C17H19NO3. The normalized spacial score (nSPS) is 11.0. The Kier molecular flexibility index (Phi) is 4.58. The zero-order chi connectivity index (χ0) is 15.3. The monoisotopic (exact) mass is 285 g/mol. The Labute approximate surface area is 124 Å². The van der Waals surface area contributed by atoms with E-state index in [2.05, 4.69) is 4.98 Å². The lowest BCUT2D eigenvalue weighted by atomic mass is 9.99. The average Bonchev–Trinajstić information content (AvgIpc) is 2.46. The number of esters is 1. The van der Waals surface area contributed by atoms with Crippen LogP contribution in [0.1, 0.15) is 31.1 Å². The smallest absolute Gasteiger partial charge is 0.338 e. The third-order valence-corrected chi connectivity index (χ3v) is 2.60. The Morgan fingerprint density at radius 1 is 1.10 bits per heavy atom. The highest BCUT2D eigenvalue weighted by Crippen LogP contribution is 2.21. The van der Waals surface area contributed by atoms with Crippen LogP contribution in [0, 0.1) is 5.41 Å². The van der Waals surface area contributed by atoms with Crippen molar-refractivity contribution in [2.45, 2.75) is 20.8 Å². The highest BCUT2D eigenvalue weighted by atomic mass is 16.5. The highest BCUT2D eigenvalue weighted by Gasteiger charge is 2.15. The number of hydrogen-bond acceptors (Lipinski definition) is 4. The fourth-order valence-electron chi connectivity index (χ4n) is 1.57. The van der Waals surface area contributed by atoms with Crippen LogP contribution in [0.5, 0.6) is 11.5 Å². The van der Waals surface area contributed by atoms with Gasteiger partial charge in [0.1, 0.15) is 11.5 Å². The van der Waals surface area contributed by atoms with Gasteiger partial charge in [0.15, 0.2) is 0 Å². The molecule has 110 valence electrons. The number of carbonyl (C=O) groups is 1. The summed E-state index contributed by atoms with van der Waals surface area (Å²) in [6, 6.07) is 10.5. The number of carbonyl (C=O) groups excluding carboxylic acids is 1. The number of rotatable bonds is 4. The molecule has 0 aliphatic heterocycles. The minimum Gasteiger partial charge on any atom is -0.462 e. The Morgan fingerprint density at radius 2 is 1.81 bits per heavy atom. The van der Waals surface area contributed by atoms with Crippen LogP contribution < -0.4 is 4.74 Å². The second-order valence-electron chi connectivity index (χ2n) is 5.95. The number of benzene rings is 1. The molecule has 4 heteroatoms. The van der Waals surface area contributed by atoms with Crippen LogP contribution in [0.4, 0.5) is 0 Å². The first-order valence-electron chi connectivity index (χ1n) is 6.79. The first-order valence-corrected chi connectivity index (χ1v) is 6.79. The van der Waals surface area contributed by atoms with E-state index in [4.69, 9.17) is 9.47 Å². The molecule has 0 aliphatic carbocycles. The van der Waals surface area contributed by atoms with Gasteiger partial charge in [-0.1, -0.05) is 20.8 Å². The lowest BCUT2D eigenvalue weighted by Crippen LogP contribution is -2.18. The van der Waals surface area contributed by atoms with Crippen LogP contribution in [-0.4, -0.2) is 17.6 Å². The summed E-state index contributed by atoms with van der Waals surface area (Å²) in [4.78, 5) is 15.9. The van der Waals surface area contributed by atoms with Gasteiger partial charge in [-0.2, -0.15) is 0 Å². The van der Waals surface area contributed by atoms with Crippen molar-refractivity contribution >= 4 is 5.97 Å². The minimum absolute atomic E-state index is 0.0426. The summed E-state index contributed by atoms with van der Waals surface area (Å²) in [6.45, 7) is 6.45. The summed E-state index contributed by atoms with van der Waals surface area (Å²) in [5.41, 5.74) is 0.469. The van der Waals surface area contributed by atoms with Crippen LogP contribution >= 0.6 is 0 Å². The van der Waals surface area contributed by atoms with Crippen molar-refractivity contribution in [1.82, 2.24) is 4.98 Å². The van der Waals surface area contributed by atoms with Crippen molar-refractivity contribution in [3.8, 4) is 11.5 Å². The lowest BCUT2D eigenvalue weighted by molar-refractivity contribution is 0.0367. The fraction of sp³-hybridized carbons (Fsp3) is 0.294. The predicted octanol–water partition coefficient (Wildman–Crippen LogP) is 4.08. The van der Waals surface area contributed by atoms with Crippen LogP contribution in [-0.2, 0) is 4.74 Å². The molecule has 0 aliphatic rings. The fourth-order valence-corrected chi connectivity index (χ4v) is 1.57. The second kappa shape index (κ2) is 6.39. The maximum atomic E-state index is 11.9. The zero-order valence-electron chi connectivity index (χ0n) is 12.5. The summed E-state index contributed by atoms with van der Waals surface area (Å²) in [6.07, 6.45) is 3.31. The molecule has 0 saturated carbocycles. The van der Waals surface area contributed by atoms with Gasteiger partial charge >= 0.3 is 5.97 Å². The third kappa shape index (κ3) is 4.91. The molecule has 2 rings (SSSR count). The maximum absolute atomic E-state index is 11.9. The Bertz CT molecular complexity index is 586. The van der Waals surface area contributed by atoms with Crippen LogP contribution in [0.25, 0.3) is 0 Å². The molecule has 0 spiro atoms. The van der Waals surface area contributed by atoms with Crippen molar-refractivity contribution in [3.63, 3.8) is 0 Å².